The van der Waals surface area contributed by atoms with Crippen LogP contribution in [0.4, 0.5) is 4.39 Å². The predicted octanol–water partition coefficient (Wildman–Crippen LogP) is 2.36. The molecule has 1 aromatic carbocycles. The number of benzene rings is 1. The molecule has 0 unspecified atom stereocenters. The highest BCUT2D eigenvalue weighted by Crippen LogP contribution is 2.41. The minimum absolute atomic E-state index is 0. The molecule has 1 fully saturated rings. The molecule has 1 aliphatic rings. The van der Waals surface area contributed by atoms with Gasteiger partial charge in [-0.25, -0.2) is 4.39 Å². The maximum atomic E-state index is 12.8. The van der Waals surface area contributed by atoms with Crippen LogP contribution in [-0.4, -0.2) is 5.11 Å². The molecule has 0 amide bonds. The molecule has 2 rings (SSSR count). The molecule has 1 saturated carbocycles. The summed E-state index contributed by atoms with van der Waals surface area (Å²) in [6.45, 7) is 0. The molecule has 4 heteroatoms. The number of phenolic OH excluding ortho intramolecular Hbond substituents is 1. The van der Waals surface area contributed by atoms with Crippen molar-refractivity contribution in [2.45, 2.75) is 18.9 Å². The van der Waals surface area contributed by atoms with E-state index in [1.807, 2.05) is 0 Å². The number of nitrogens with two attached hydrogens (primary N) is 1. The van der Waals surface area contributed by atoms with Gasteiger partial charge in [-0.1, -0.05) is 0 Å². The molecule has 0 aliphatic heterocycles. The minimum atomic E-state index is -0.344. The Bertz CT molecular complexity index is 328. The van der Waals surface area contributed by atoms with Crippen molar-refractivity contribution in [2.75, 3.05) is 0 Å². The summed E-state index contributed by atoms with van der Waals surface area (Å²) in [5.41, 5.74) is 6.37. The fourth-order valence-corrected chi connectivity index (χ4v) is 1.50. The molecule has 2 nitrogen and oxygen atoms in total. The van der Waals surface area contributed by atoms with Crippen molar-refractivity contribution in [3.05, 3.63) is 29.6 Å². The molecule has 1 aliphatic carbocycles. The fraction of sp³-hybridized carbons (Fsp3) is 0.400. The van der Waals surface area contributed by atoms with Gasteiger partial charge < -0.3 is 10.8 Å². The Morgan fingerprint density at radius 2 is 2.07 bits per heavy atom. The third kappa shape index (κ3) is 2.16. The molecule has 1 aromatic rings. The summed E-state index contributed by atoms with van der Waals surface area (Å²) < 4.78 is 12.8. The van der Waals surface area contributed by atoms with Crippen LogP contribution in [0.2, 0.25) is 0 Å². The number of aromatic hydroxyl groups is 1. The number of phenols is 1. The van der Waals surface area contributed by atoms with E-state index in [4.69, 9.17) is 5.73 Å². The molecule has 0 aromatic heterocycles. The van der Waals surface area contributed by atoms with E-state index in [0.717, 1.165) is 12.8 Å². The molecule has 0 saturated heterocycles. The van der Waals surface area contributed by atoms with Crippen molar-refractivity contribution < 1.29 is 9.50 Å². The first kappa shape index (κ1) is 11.3. The lowest BCUT2D eigenvalue weighted by atomic mass is 10.0. The number of hydrogen-bond acceptors (Lipinski definition) is 2. The lowest BCUT2D eigenvalue weighted by Gasteiger charge is -2.12. The van der Waals surface area contributed by atoms with Gasteiger partial charge in [0.05, 0.1) is 0 Å². The fourth-order valence-electron chi connectivity index (χ4n) is 1.50. The van der Waals surface area contributed by atoms with Crippen LogP contribution in [0.5, 0.6) is 5.75 Å². The minimum Gasteiger partial charge on any atom is -0.508 e. The maximum Gasteiger partial charge on any atom is 0.123 e. The van der Waals surface area contributed by atoms with Crippen molar-refractivity contribution in [3.63, 3.8) is 0 Å². The Morgan fingerprint density at radius 1 is 1.43 bits per heavy atom. The largest absolute Gasteiger partial charge is 0.508 e. The first-order valence-electron chi connectivity index (χ1n) is 4.42. The lowest BCUT2D eigenvalue weighted by molar-refractivity contribution is 0.453. The van der Waals surface area contributed by atoms with Gasteiger partial charge in [0.1, 0.15) is 11.6 Å². The Hall–Kier alpha value is -0.800. The van der Waals surface area contributed by atoms with Gasteiger partial charge in [-0.15, -0.1) is 12.4 Å². The Labute approximate surface area is 88.3 Å². The van der Waals surface area contributed by atoms with Crippen LogP contribution in [0.3, 0.4) is 0 Å². The second kappa shape index (κ2) is 4.15. The number of halogens is 2. The van der Waals surface area contributed by atoms with Gasteiger partial charge in [0.25, 0.3) is 0 Å². The molecule has 0 radical (unpaired) electrons. The van der Waals surface area contributed by atoms with Crippen LogP contribution >= 0.6 is 12.4 Å². The van der Waals surface area contributed by atoms with Crippen molar-refractivity contribution >= 4 is 12.4 Å². The molecule has 1 atom stereocenters. The third-order valence-corrected chi connectivity index (χ3v) is 2.48. The van der Waals surface area contributed by atoms with Gasteiger partial charge in [-0.2, -0.15) is 0 Å². The molecule has 0 heterocycles. The van der Waals surface area contributed by atoms with Crippen LogP contribution < -0.4 is 5.73 Å². The zero-order valence-electron chi connectivity index (χ0n) is 7.61. The SMILES string of the molecule is Cl.N[C@H](c1cc(F)ccc1O)C1CC1. The van der Waals surface area contributed by atoms with Crippen LogP contribution in [0.15, 0.2) is 18.2 Å². The number of rotatable bonds is 2. The third-order valence-electron chi connectivity index (χ3n) is 2.48. The molecular formula is C10H13ClFNO. The van der Waals surface area contributed by atoms with Crippen LogP contribution in [0, 0.1) is 11.7 Å². The smallest absolute Gasteiger partial charge is 0.123 e. The van der Waals surface area contributed by atoms with E-state index in [1.165, 1.54) is 18.2 Å². The highest BCUT2D eigenvalue weighted by atomic mass is 35.5. The summed E-state index contributed by atoms with van der Waals surface area (Å²) in [4.78, 5) is 0. The van der Waals surface area contributed by atoms with Gasteiger partial charge >= 0.3 is 0 Å². The van der Waals surface area contributed by atoms with E-state index in [1.54, 1.807) is 0 Å². The molecular weight excluding hydrogens is 205 g/mol. The molecule has 78 valence electrons. The van der Waals surface area contributed by atoms with Crippen molar-refractivity contribution in [2.24, 2.45) is 11.7 Å². The first-order chi connectivity index (χ1) is 6.18. The van der Waals surface area contributed by atoms with E-state index in [2.05, 4.69) is 0 Å². The summed E-state index contributed by atoms with van der Waals surface area (Å²) in [5, 5.41) is 9.44. The number of hydrogen-bond donors (Lipinski definition) is 2. The van der Waals surface area contributed by atoms with Gasteiger partial charge in [0.2, 0.25) is 0 Å². The first-order valence-corrected chi connectivity index (χ1v) is 4.42. The molecule has 0 spiro atoms. The Kier molecular flexibility index (Phi) is 3.34. The van der Waals surface area contributed by atoms with Crippen molar-refractivity contribution in [1.29, 1.82) is 0 Å². The van der Waals surface area contributed by atoms with Gasteiger partial charge in [0.15, 0.2) is 0 Å². The van der Waals surface area contributed by atoms with Gasteiger partial charge in [-0.05, 0) is 37.0 Å². The highest BCUT2D eigenvalue weighted by Gasteiger charge is 2.31. The van der Waals surface area contributed by atoms with E-state index in [9.17, 15) is 9.50 Å². The van der Waals surface area contributed by atoms with Crippen LogP contribution in [-0.2, 0) is 0 Å². The van der Waals surface area contributed by atoms with E-state index < -0.39 is 0 Å². The zero-order chi connectivity index (χ0) is 9.42. The Morgan fingerprint density at radius 3 is 2.64 bits per heavy atom. The predicted molar refractivity (Wildman–Crippen MR) is 55.0 cm³/mol. The summed E-state index contributed by atoms with van der Waals surface area (Å²) in [6, 6.07) is 3.69. The topological polar surface area (TPSA) is 46.2 Å². The zero-order valence-corrected chi connectivity index (χ0v) is 8.43. The normalized spacial score (nSPS) is 17.3. The average Bonchev–Trinajstić information content (AvgIpc) is 2.91. The second-order valence-electron chi connectivity index (χ2n) is 3.57. The summed E-state index contributed by atoms with van der Waals surface area (Å²) >= 11 is 0. The van der Waals surface area contributed by atoms with Crippen LogP contribution in [0.25, 0.3) is 0 Å². The lowest BCUT2D eigenvalue weighted by Crippen LogP contribution is -2.12. The van der Waals surface area contributed by atoms with Crippen molar-refractivity contribution in [1.82, 2.24) is 0 Å². The quantitative estimate of drug-likeness (QED) is 0.799. The van der Waals surface area contributed by atoms with Gasteiger partial charge in [0, 0.05) is 11.6 Å². The maximum absolute atomic E-state index is 12.8. The molecule has 0 bridgehead atoms. The summed E-state index contributed by atoms with van der Waals surface area (Å²) in [7, 11) is 0. The Balaban J connectivity index is 0.000000980. The van der Waals surface area contributed by atoms with E-state index >= 15 is 0 Å². The summed E-state index contributed by atoms with van der Waals surface area (Å²) in [6.07, 6.45) is 2.16. The monoisotopic (exact) mass is 217 g/mol. The molecule has 3 N–H and O–H groups in total. The van der Waals surface area contributed by atoms with E-state index in [0.29, 0.717) is 11.5 Å². The van der Waals surface area contributed by atoms with Crippen molar-refractivity contribution in [3.8, 4) is 5.75 Å². The van der Waals surface area contributed by atoms with Gasteiger partial charge in [-0.3, -0.25) is 0 Å². The summed E-state index contributed by atoms with van der Waals surface area (Å²) in [5.74, 6) is 0.178. The van der Waals surface area contributed by atoms with E-state index in [-0.39, 0.29) is 30.0 Å². The average molecular weight is 218 g/mol. The standard InChI is InChI=1S/C10H12FNO.ClH/c11-7-3-4-9(13)8(5-7)10(12)6-1-2-6;/h3-6,10,13H,1-2,12H2;1H/t10-;/m0./s1. The van der Waals surface area contributed by atoms with Crippen LogP contribution in [0.1, 0.15) is 24.4 Å². The molecule has 14 heavy (non-hydrogen) atoms. The highest BCUT2D eigenvalue weighted by molar-refractivity contribution is 5.85. The second-order valence-corrected chi connectivity index (χ2v) is 3.57.